The third kappa shape index (κ3) is 1.41. The Morgan fingerprint density at radius 3 is 2.93 bits per heavy atom. The Bertz CT molecular complexity index is 329. The van der Waals surface area contributed by atoms with Gasteiger partial charge < -0.3 is 4.90 Å². The van der Waals surface area contributed by atoms with Crippen LogP contribution in [0.3, 0.4) is 0 Å². The summed E-state index contributed by atoms with van der Waals surface area (Å²) in [6.45, 7) is 5.08. The van der Waals surface area contributed by atoms with Crippen molar-refractivity contribution in [2.45, 2.75) is 32.2 Å². The summed E-state index contributed by atoms with van der Waals surface area (Å²) < 4.78 is 0. The third-order valence-corrected chi connectivity index (χ3v) is 2.89. The Hall–Kier alpha value is -1.32. The highest BCUT2D eigenvalue weighted by atomic mass is 16.2. The van der Waals surface area contributed by atoms with Crippen LogP contribution < -0.4 is 0 Å². The molecule has 0 aliphatic carbocycles. The standard InChI is InChI=1S/C10H15N3O/c1-10(2)4-3-5-13(10)9(14)8-6-11-12-7-8/h6-7H,3-5H2,1-2H3,(H,11,12). The number of rotatable bonds is 1. The average molecular weight is 193 g/mol. The van der Waals surface area contributed by atoms with E-state index in [1.807, 2.05) is 4.90 Å². The minimum absolute atomic E-state index is 0.00560. The molecule has 0 unspecified atom stereocenters. The van der Waals surface area contributed by atoms with Gasteiger partial charge in [-0.2, -0.15) is 5.10 Å². The van der Waals surface area contributed by atoms with Crippen LogP contribution in [0.4, 0.5) is 0 Å². The van der Waals surface area contributed by atoms with Gasteiger partial charge in [0.1, 0.15) is 0 Å². The number of carbonyl (C=O) groups excluding carboxylic acids is 1. The molecule has 2 heterocycles. The maximum absolute atomic E-state index is 12.0. The molecule has 0 spiro atoms. The van der Waals surface area contributed by atoms with Crippen LogP contribution in [0.15, 0.2) is 12.4 Å². The molecule has 1 fully saturated rings. The van der Waals surface area contributed by atoms with E-state index in [2.05, 4.69) is 24.0 Å². The lowest BCUT2D eigenvalue weighted by Crippen LogP contribution is -2.42. The van der Waals surface area contributed by atoms with Crippen LogP contribution >= 0.6 is 0 Å². The molecular formula is C10H15N3O. The van der Waals surface area contributed by atoms with E-state index in [-0.39, 0.29) is 11.4 Å². The maximum atomic E-state index is 12.0. The summed E-state index contributed by atoms with van der Waals surface area (Å²) in [6, 6.07) is 0. The zero-order valence-corrected chi connectivity index (χ0v) is 8.58. The van der Waals surface area contributed by atoms with Gasteiger partial charge in [-0.15, -0.1) is 0 Å². The van der Waals surface area contributed by atoms with E-state index in [9.17, 15) is 4.79 Å². The van der Waals surface area contributed by atoms with Crippen molar-refractivity contribution in [3.63, 3.8) is 0 Å². The van der Waals surface area contributed by atoms with Crippen molar-refractivity contribution < 1.29 is 4.79 Å². The van der Waals surface area contributed by atoms with Crippen LogP contribution in [0.5, 0.6) is 0 Å². The predicted molar refractivity (Wildman–Crippen MR) is 52.9 cm³/mol. The van der Waals surface area contributed by atoms with Gasteiger partial charge >= 0.3 is 0 Å². The lowest BCUT2D eigenvalue weighted by atomic mass is 10.0. The molecule has 0 saturated carbocycles. The molecule has 0 aromatic carbocycles. The van der Waals surface area contributed by atoms with E-state index in [1.54, 1.807) is 12.4 Å². The van der Waals surface area contributed by atoms with Gasteiger partial charge in [0.15, 0.2) is 0 Å². The van der Waals surface area contributed by atoms with Crippen molar-refractivity contribution >= 4 is 5.91 Å². The Morgan fingerprint density at radius 2 is 2.43 bits per heavy atom. The lowest BCUT2D eigenvalue weighted by molar-refractivity contribution is 0.0652. The zero-order chi connectivity index (χ0) is 10.2. The number of aromatic amines is 1. The van der Waals surface area contributed by atoms with Crippen LogP contribution in [-0.4, -0.2) is 33.1 Å². The van der Waals surface area contributed by atoms with Crippen molar-refractivity contribution in [3.05, 3.63) is 18.0 Å². The quantitative estimate of drug-likeness (QED) is 0.733. The Labute approximate surface area is 83.3 Å². The molecule has 2 rings (SSSR count). The predicted octanol–water partition coefficient (Wildman–Crippen LogP) is 1.42. The lowest BCUT2D eigenvalue weighted by Gasteiger charge is -2.31. The van der Waals surface area contributed by atoms with Gasteiger partial charge in [-0.25, -0.2) is 0 Å². The maximum Gasteiger partial charge on any atom is 0.257 e. The van der Waals surface area contributed by atoms with Gasteiger partial charge in [0.25, 0.3) is 5.91 Å². The van der Waals surface area contributed by atoms with Gasteiger partial charge in [-0.05, 0) is 26.7 Å². The summed E-state index contributed by atoms with van der Waals surface area (Å²) in [5.74, 6) is 0.0845. The van der Waals surface area contributed by atoms with Crippen molar-refractivity contribution in [1.29, 1.82) is 0 Å². The molecule has 1 saturated heterocycles. The van der Waals surface area contributed by atoms with E-state index in [0.29, 0.717) is 5.56 Å². The first-order valence-corrected chi connectivity index (χ1v) is 4.92. The molecule has 0 radical (unpaired) electrons. The second-order valence-corrected chi connectivity index (χ2v) is 4.36. The summed E-state index contributed by atoms with van der Waals surface area (Å²) in [6.07, 6.45) is 5.40. The van der Waals surface area contributed by atoms with Gasteiger partial charge in [0, 0.05) is 18.3 Å². The van der Waals surface area contributed by atoms with E-state index in [4.69, 9.17) is 0 Å². The second-order valence-electron chi connectivity index (χ2n) is 4.36. The first-order chi connectivity index (χ1) is 6.61. The normalized spacial score (nSPS) is 20.0. The second kappa shape index (κ2) is 3.12. The molecule has 1 N–H and O–H groups in total. The molecule has 4 heteroatoms. The zero-order valence-electron chi connectivity index (χ0n) is 8.58. The number of hydrogen-bond acceptors (Lipinski definition) is 2. The fraction of sp³-hybridized carbons (Fsp3) is 0.600. The molecule has 0 bridgehead atoms. The summed E-state index contributed by atoms with van der Waals surface area (Å²) in [7, 11) is 0. The minimum Gasteiger partial charge on any atom is -0.333 e. The third-order valence-electron chi connectivity index (χ3n) is 2.89. The van der Waals surface area contributed by atoms with E-state index < -0.39 is 0 Å². The molecule has 1 aromatic rings. The highest BCUT2D eigenvalue weighted by Crippen LogP contribution is 2.29. The fourth-order valence-corrected chi connectivity index (χ4v) is 2.01. The molecule has 1 aliphatic rings. The summed E-state index contributed by atoms with van der Waals surface area (Å²) in [5.41, 5.74) is 0.647. The van der Waals surface area contributed by atoms with Crippen molar-refractivity contribution in [3.8, 4) is 0 Å². The number of nitrogens with one attached hydrogen (secondary N) is 1. The Morgan fingerprint density at radius 1 is 1.64 bits per heavy atom. The van der Waals surface area contributed by atoms with Crippen molar-refractivity contribution in [2.75, 3.05) is 6.54 Å². The molecule has 76 valence electrons. The largest absolute Gasteiger partial charge is 0.333 e. The van der Waals surface area contributed by atoms with Crippen molar-refractivity contribution in [2.24, 2.45) is 0 Å². The smallest absolute Gasteiger partial charge is 0.257 e. The van der Waals surface area contributed by atoms with Gasteiger partial charge in [0.2, 0.25) is 0 Å². The summed E-state index contributed by atoms with van der Waals surface area (Å²) >= 11 is 0. The number of amides is 1. The number of hydrogen-bond donors (Lipinski definition) is 1. The highest BCUT2D eigenvalue weighted by Gasteiger charge is 2.35. The number of aromatic nitrogens is 2. The topological polar surface area (TPSA) is 49.0 Å². The Balaban J connectivity index is 2.20. The average Bonchev–Trinajstić information content (AvgIpc) is 2.71. The fourth-order valence-electron chi connectivity index (χ4n) is 2.01. The number of H-pyrrole nitrogens is 1. The van der Waals surface area contributed by atoms with E-state index >= 15 is 0 Å². The van der Waals surface area contributed by atoms with Gasteiger partial charge in [-0.1, -0.05) is 0 Å². The molecule has 4 nitrogen and oxygen atoms in total. The molecular weight excluding hydrogens is 178 g/mol. The SMILES string of the molecule is CC1(C)CCCN1C(=O)c1cn[nH]c1. The number of carbonyl (C=O) groups is 1. The number of nitrogens with zero attached hydrogens (tertiary/aromatic N) is 2. The van der Waals surface area contributed by atoms with E-state index in [0.717, 1.165) is 19.4 Å². The first kappa shape index (κ1) is 9.24. The van der Waals surface area contributed by atoms with Gasteiger partial charge in [-0.3, -0.25) is 9.89 Å². The first-order valence-electron chi connectivity index (χ1n) is 4.92. The van der Waals surface area contributed by atoms with Crippen LogP contribution in [0.1, 0.15) is 37.0 Å². The van der Waals surface area contributed by atoms with Gasteiger partial charge in [0.05, 0.1) is 11.8 Å². The summed E-state index contributed by atoms with van der Waals surface area (Å²) in [5, 5.41) is 6.45. The Kier molecular flexibility index (Phi) is 2.06. The van der Waals surface area contributed by atoms with Crippen LogP contribution in [0.25, 0.3) is 0 Å². The van der Waals surface area contributed by atoms with Crippen LogP contribution in [0, 0.1) is 0 Å². The summed E-state index contributed by atoms with van der Waals surface area (Å²) in [4.78, 5) is 13.9. The number of likely N-dealkylation sites (tertiary alicyclic amines) is 1. The van der Waals surface area contributed by atoms with Crippen LogP contribution in [0.2, 0.25) is 0 Å². The molecule has 1 amide bonds. The minimum atomic E-state index is -0.00560. The highest BCUT2D eigenvalue weighted by molar-refractivity contribution is 5.94. The van der Waals surface area contributed by atoms with Crippen LogP contribution in [-0.2, 0) is 0 Å². The molecule has 1 aliphatic heterocycles. The van der Waals surface area contributed by atoms with Crippen molar-refractivity contribution in [1.82, 2.24) is 15.1 Å². The molecule has 0 atom stereocenters. The molecule has 14 heavy (non-hydrogen) atoms. The monoisotopic (exact) mass is 193 g/mol. The molecule has 1 aromatic heterocycles. The van der Waals surface area contributed by atoms with E-state index in [1.165, 1.54) is 0 Å².